The Balaban J connectivity index is 1.85. The molecule has 1 amide bonds. The second kappa shape index (κ2) is 6.92. The normalized spacial score (nSPS) is 22.0. The third kappa shape index (κ3) is 4.19. The molecule has 0 atom stereocenters. The lowest BCUT2D eigenvalue weighted by Crippen LogP contribution is -2.28. The summed E-state index contributed by atoms with van der Waals surface area (Å²) < 4.78 is 13.9. The van der Waals surface area contributed by atoms with Crippen LogP contribution in [0.15, 0.2) is 12.1 Å². The zero-order chi connectivity index (χ0) is 15.4. The first-order chi connectivity index (χ1) is 9.97. The summed E-state index contributed by atoms with van der Waals surface area (Å²) in [4.78, 5) is 12.1. The minimum absolute atomic E-state index is 0.0461. The Morgan fingerprint density at radius 3 is 2.67 bits per heavy atom. The van der Waals surface area contributed by atoms with Crippen LogP contribution in [-0.2, 0) is 0 Å². The van der Waals surface area contributed by atoms with Crippen molar-refractivity contribution in [1.82, 2.24) is 5.32 Å². The van der Waals surface area contributed by atoms with Gasteiger partial charge < -0.3 is 11.1 Å². The van der Waals surface area contributed by atoms with Crippen molar-refractivity contribution in [2.75, 3.05) is 12.3 Å². The van der Waals surface area contributed by atoms with Crippen LogP contribution in [0.4, 0.5) is 10.1 Å². The topological polar surface area (TPSA) is 55.1 Å². The lowest BCUT2D eigenvalue weighted by atomic mass is 9.81. The Labute approximate surface area is 126 Å². The molecule has 116 valence electrons. The largest absolute Gasteiger partial charge is 0.399 e. The zero-order valence-electron chi connectivity index (χ0n) is 12.9. The number of amides is 1. The molecule has 3 N–H and O–H groups in total. The lowest BCUT2D eigenvalue weighted by Gasteiger charge is -2.26. The predicted octanol–water partition coefficient (Wildman–Crippen LogP) is 3.66. The summed E-state index contributed by atoms with van der Waals surface area (Å²) in [6, 6.07) is 2.94. The second-order valence-corrected chi connectivity index (χ2v) is 6.37. The Morgan fingerprint density at radius 1 is 1.33 bits per heavy atom. The van der Waals surface area contributed by atoms with Crippen molar-refractivity contribution in [2.45, 2.75) is 46.0 Å². The molecule has 1 aliphatic carbocycles. The molecule has 1 saturated carbocycles. The fourth-order valence-corrected chi connectivity index (χ4v) is 3.07. The maximum Gasteiger partial charge on any atom is 0.254 e. The Kier molecular flexibility index (Phi) is 5.21. The average Bonchev–Trinajstić information content (AvgIpc) is 2.44. The van der Waals surface area contributed by atoms with E-state index >= 15 is 0 Å². The van der Waals surface area contributed by atoms with E-state index in [0.29, 0.717) is 23.7 Å². The molecule has 0 spiro atoms. The van der Waals surface area contributed by atoms with Crippen molar-refractivity contribution in [3.63, 3.8) is 0 Å². The molecule has 1 aromatic carbocycles. The Morgan fingerprint density at radius 2 is 2.00 bits per heavy atom. The number of carbonyl (C=O) groups is 1. The van der Waals surface area contributed by atoms with Crippen LogP contribution in [-0.4, -0.2) is 12.5 Å². The van der Waals surface area contributed by atoms with Crippen LogP contribution < -0.4 is 11.1 Å². The van der Waals surface area contributed by atoms with Gasteiger partial charge in [-0.15, -0.1) is 0 Å². The van der Waals surface area contributed by atoms with Gasteiger partial charge in [0.25, 0.3) is 5.91 Å². The maximum atomic E-state index is 13.9. The van der Waals surface area contributed by atoms with Crippen LogP contribution in [0.5, 0.6) is 0 Å². The summed E-state index contributed by atoms with van der Waals surface area (Å²) in [6.45, 7) is 4.51. The number of benzene rings is 1. The second-order valence-electron chi connectivity index (χ2n) is 6.37. The van der Waals surface area contributed by atoms with Crippen LogP contribution >= 0.6 is 0 Å². The number of rotatable bonds is 4. The average molecular weight is 292 g/mol. The molecule has 2 rings (SSSR count). The van der Waals surface area contributed by atoms with E-state index in [-0.39, 0.29) is 11.5 Å². The van der Waals surface area contributed by atoms with Gasteiger partial charge in [-0.1, -0.05) is 32.6 Å². The van der Waals surface area contributed by atoms with Gasteiger partial charge in [-0.2, -0.15) is 0 Å². The lowest BCUT2D eigenvalue weighted by molar-refractivity contribution is 0.0945. The van der Waals surface area contributed by atoms with Crippen molar-refractivity contribution in [3.8, 4) is 0 Å². The fourth-order valence-electron chi connectivity index (χ4n) is 3.07. The summed E-state index contributed by atoms with van der Waals surface area (Å²) in [6.07, 6.45) is 6.01. The molecule has 0 aromatic heterocycles. The molecule has 3 nitrogen and oxygen atoms in total. The van der Waals surface area contributed by atoms with Crippen molar-refractivity contribution in [2.24, 2.45) is 11.8 Å². The number of nitrogens with two attached hydrogens (primary N) is 1. The van der Waals surface area contributed by atoms with Gasteiger partial charge in [0, 0.05) is 12.2 Å². The van der Waals surface area contributed by atoms with Gasteiger partial charge in [-0.05, 0) is 42.9 Å². The standard InChI is InChI=1S/C17H25FN2O/c1-11-3-5-13(6-4-11)7-8-20-17(21)15-10-14(19)9-12(2)16(15)18/h9-11,13H,3-8,19H2,1-2H3,(H,20,21). The molecule has 21 heavy (non-hydrogen) atoms. The molecule has 4 heteroatoms. The van der Waals surface area contributed by atoms with Gasteiger partial charge in [0.2, 0.25) is 0 Å². The van der Waals surface area contributed by atoms with Gasteiger partial charge in [-0.3, -0.25) is 4.79 Å². The number of aryl methyl sites for hydroxylation is 1. The Bertz CT molecular complexity index is 508. The number of nitrogens with one attached hydrogen (secondary N) is 1. The van der Waals surface area contributed by atoms with Crippen LogP contribution in [0.25, 0.3) is 0 Å². The van der Waals surface area contributed by atoms with E-state index in [1.54, 1.807) is 6.92 Å². The molecule has 0 heterocycles. The van der Waals surface area contributed by atoms with Crippen molar-refractivity contribution >= 4 is 11.6 Å². The molecule has 0 unspecified atom stereocenters. The van der Waals surface area contributed by atoms with E-state index in [4.69, 9.17) is 5.73 Å². The van der Waals surface area contributed by atoms with Crippen molar-refractivity contribution in [1.29, 1.82) is 0 Å². The molecule has 0 radical (unpaired) electrons. The summed E-state index contributed by atoms with van der Waals surface area (Å²) in [5.41, 5.74) is 6.55. The molecular weight excluding hydrogens is 267 g/mol. The number of carbonyl (C=O) groups excluding carboxylic acids is 1. The van der Waals surface area contributed by atoms with Gasteiger partial charge >= 0.3 is 0 Å². The summed E-state index contributed by atoms with van der Waals surface area (Å²) in [7, 11) is 0. The highest BCUT2D eigenvalue weighted by Crippen LogP contribution is 2.30. The number of hydrogen-bond acceptors (Lipinski definition) is 2. The highest BCUT2D eigenvalue weighted by atomic mass is 19.1. The number of nitrogen functional groups attached to an aromatic ring is 1. The van der Waals surface area contributed by atoms with Crippen LogP contribution in [0, 0.1) is 24.6 Å². The smallest absolute Gasteiger partial charge is 0.254 e. The van der Waals surface area contributed by atoms with Gasteiger partial charge in [0.15, 0.2) is 0 Å². The van der Waals surface area contributed by atoms with Crippen LogP contribution in [0.1, 0.15) is 54.9 Å². The monoisotopic (exact) mass is 292 g/mol. The molecule has 0 saturated heterocycles. The van der Waals surface area contributed by atoms with Crippen molar-refractivity contribution in [3.05, 3.63) is 29.1 Å². The van der Waals surface area contributed by atoms with Gasteiger partial charge in [0.05, 0.1) is 5.56 Å². The van der Waals surface area contributed by atoms with E-state index in [9.17, 15) is 9.18 Å². The summed E-state index contributed by atoms with van der Waals surface area (Å²) in [5, 5.41) is 2.82. The quantitative estimate of drug-likeness (QED) is 0.832. The van der Waals surface area contributed by atoms with E-state index in [1.165, 1.54) is 37.8 Å². The third-order valence-electron chi connectivity index (χ3n) is 4.50. The van der Waals surface area contributed by atoms with Crippen LogP contribution in [0.3, 0.4) is 0 Å². The number of halogens is 1. The Hall–Kier alpha value is -1.58. The van der Waals surface area contributed by atoms with E-state index in [0.717, 1.165) is 12.3 Å². The van der Waals surface area contributed by atoms with Crippen molar-refractivity contribution < 1.29 is 9.18 Å². The molecular formula is C17H25FN2O. The van der Waals surface area contributed by atoms with Gasteiger partial charge in [0.1, 0.15) is 5.82 Å². The molecule has 0 bridgehead atoms. The predicted molar refractivity (Wildman–Crippen MR) is 83.6 cm³/mol. The maximum absolute atomic E-state index is 13.9. The molecule has 1 aliphatic rings. The molecule has 1 aromatic rings. The highest BCUT2D eigenvalue weighted by molar-refractivity contribution is 5.95. The number of anilines is 1. The first-order valence-electron chi connectivity index (χ1n) is 7.81. The van der Waals surface area contributed by atoms with E-state index < -0.39 is 5.82 Å². The van der Waals surface area contributed by atoms with E-state index in [1.807, 2.05) is 0 Å². The zero-order valence-corrected chi connectivity index (χ0v) is 12.9. The molecule has 1 fully saturated rings. The fraction of sp³-hybridized carbons (Fsp3) is 0.588. The highest BCUT2D eigenvalue weighted by Gasteiger charge is 2.19. The first-order valence-corrected chi connectivity index (χ1v) is 7.81. The minimum atomic E-state index is -0.479. The minimum Gasteiger partial charge on any atom is -0.399 e. The molecule has 0 aliphatic heterocycles. The van der Waals surface area contributed by atoms with Crippen LogP contribution in [0.2, 0.25) is 0 Å². The third-order valence-corrected chi connectivity index (χ3v) is 4.50. The SMILES string of the molecule is Cc1cc(N)cc(C(=O)NCCC2CCC(C)CC2)c1F. The first kappa shape index (κ1) is 15.8. The number of hydrogen-bond donors (Lipinski definition) is 2. The van der Waals surface area contributed by atoms with Gasteiger partial charge in [-0.25, -0.2) is 4.39 Å². The summed E-state index contributed by atoms with van der Waals surface area (Å²) >= 11 is 0. The van der Waals surface area contributed by atoms with E-state index in [2.05, 4.69) is 12.2 Å². The summed E-state index contributed by atoms with van der Waals surface area (Å²) in [5.74, 6) is 0.675.